The van der Waals surface area contributed by atoms with Gasteiger partial charge in [0.2, 0.25) is 0 Å². The average molecular weight is 243 g/mol. The Kier molecular flexibility index (Phi) is 3.21. The van der Waals surface area contributed by atoms with Gasteiger partial charge in [-0.15, -0.1) is 0 Å². The lowest BCUT2D eigenvalue weighted by Crippen LogP contribution is -2.33. The lowest BCUT2D eigenvalue weighted by Gasteiger charge is -2.20. The van der Waals surface area contributed by atoms with Crippen LogP contribution in [-0.2, 0) is 0 Å². The van der Waals surface area contributed by atoms with Crippen molar-refractivity contribution in [3.8, 4) is 0 Å². The zero-order valence-electron chi connectivity index (χ0n) is 11.1. The first kappa shape index (κ1) is 11.9. The summed E-state index contributed by atoms with van der Waals surface area (Å²) in [5.74, 6) is 1.15. The van der Waals surface area contributed by atoms with Crippen LogP contribution in [0.15, 0.2) is 24.3 Å². The fourth-order valence-corrected chi connectivity index (χ4v) is 2.43. The molecule has 1 aromatic carbocycles. The highest BCUT2D eigenvalue weighted by Crippen LogP contribution is 2.34. The molecule has 2 fully saturated rings. The van der Waals surface area contributed by atoms with Crippen molar-refractivity contribution in [3.63, 3.8) is 0 Å². The number of ketones is 1. The minimum absolute atomic E-state index is 0.280. The number of hydrogen-bond acceptors (Lipinski definition) is 2. The minimum atomic E-state index is 0.280. The summed E-state index contributed by atoms with van der Waals surface area (Å²) in [4.78, 5) is 14.7. The molecule has 0 atom stereocenters. The van der Waals surface area contributed by atoms with Crippen molar-refractivity contribution in [2.45, 2.75) is 38.6 Å². The van der Waals surface area contributed by atoms with Crippen LogP contribution in [0.5, 0.6) is 0 Å². The van der Waals surface area contributed by atoms with E-state index in [1.165, 1.54) is 31.2 Å². The second-order valence-corrected chi connectivity index (χ2v) is 5.89. The first-order valence-corrected chi connectivity index (χ1v) is 7.06. The predicted molar refractivity (Wildman–Crippen MR) is 72.8 cm³/mol. The number of carbonyl (C=O) groups excluding carboxylic acids is 1. The van der Waals surface area contributed by atoms with E-state index in [1.54, 1.807) is 0 Å². The Hall–Kier alpha value is -1.15. The number of aryl methyl sites for hydroxylation is 1. The number of carbonyl (C=O) groups is 1. The number of hydrogen-bond donors (Lipinski definition) is 0. The Bertz CT molecular complexity index is 429. The zero-order chi connectivity index (χ0) is 12.5. The second-order valence-electron chi connectivity index (χ2n) is 5.89. The van der Waals surface area contributed by atoms with Crippen LogP contribution in [-0.4, -0.2) is 29.8 Å². The maximum Gasteiger partial charge on any atom is 0.176 e. The van der Waals surface area contributed by atoms with Crippen molar-refractivity contribution in [2.24, 2.45) is 5.92 Å². The molecule has 2 aliphatic carbocycles. The molecule has 0 heterocycles. The first-order chi connectivity index (χ1) is 8.72. The molecule has 2 saturated carbocycles. The largest absolute Gasteiger partial charge is 0.293 e. The average Bonchev–Trinajstić information content (AvgIpc) is 3.23. The van der Waals surface area contributed by atoms with Gasteiger partial charge < -0.3 is 0 Å². The summed E-state index contributed by atoms with van der Waals surface area (Å²) in [5, 5.41) is 0. The van der Waals surface area contributed by atoms with E-state index < -0.39 is 0 Å². The fraction of sp³-hybridized carbons (Fsp3) is 0.562. The molecule has 0 bridgehead atoms. The summed E-state index contributed by atoms with van der Waals surface area (Å²) in [6.45, 7) is 3.81. The monoisotopic (exact) mass is 243 g/mol. The maximum absolute atomic E-state index is 12.3. The zero-order valence-corrected chi connectivity index (χ0v) is 11.1. The van der Waals surface area contributed by atoms with Gasteiger partial charge in [-0.1, -0.05) is 29.8 Å². The molecule has 0 aliphatic heterocycles. The van der Waals surface area contributed by atoms with Crippen molar-refractivity contribution in [1.29, 1.82) is 0 Å². The van der Waals surface area contributed by atoms with Gasteiger partial charge in [-0.05, 0) is 38.5 Å². The third-order valence-corrected chi connectivity index (χ3v) is 3.97. The highest BCUT2D eigenvalue weighted by atomic mass is 16.1. The van der Waals surface area contributed by atoms with Gasteiger partial charge in [0.25, 0.3) is 0 Å². The molecule has 0 N–H and O–H groups in total. The van der Waals surface area contributed by atoms with Gasteiger partial charge >= 0.3 is 0 Å². The summed E-state index contributed by atoms with van der Waals surface area (Å²) in [5.41, 5.74) is 2.07. The molecule has 2 aliphatic rings. The van der Waals surface area contributed by atoms with E-state index in [1.807, 2.05) is 24.3 Å². The van der Waals surface area contributed by atoms with E-state index >= 15 is 0 Å². The smallest absolute Gasteiger partial charge is 0.176 e. The van der Waals surface area contributed by atoms with Crippen LogP contribution >= 0.6 is 0 Å². The van der Waals surface area contributed by atoms with Crippen LogP contribution in [0, 0.1) is 12.8 Å². The lowest BCUT2D eigenvalue weighted by molar-refractivity contribution is 0.0921. The van der Waals surface area contributed by atoms with Gasteiger partial charge in [-0.2, -0.15) is 0 Å². The van der Waals surface area contributed by atoms with Gasteiger partial charge in [0.15, 0.2) is 5.78 Å². The van der Waals surface area contributed by atoms with E-state index in [-0.39, 0.29) is 5.78 Å². The topological polar surface area (TPSA) is 20.3 Å². The summed E-state index contributed by atoms with van der Waals surface area (Å²) in [6.07, 6.45) is 5.30. The van der Waals surface area contributed by atoms with Gasteiger partial charge in [-0.3, -0.25) is 9.69 Å². The molecular formula is C16H21NO. The fourth-order valence-electron chi connectivity index (χ4n) is 2.43. The number of Topliss-reactive ketones (excluding diaryl/α,β-unsaturated/α-hetero) is 1. The van der Waals surface area contributed by atoms with Crippen molar-refractivity contribution in [1.82, 2.24) is 4.90 Å². The maximum atomic E-state index is 12.3. The molecule has 0 radical (unpaired) electrons. The normalized spacial score (nSPS) is 19.2. The Labute approximate surface area is 109 Å². The Morgan fingerprint density at radius 2 is 1.83 bits per heavy atom. The van der Waals surface area contributed by atoms with Crippen LogP contribution in [0.3, 0.4) is 0 Å². The molecule has 0 amide bonds. The molecule has 18 heavy (non-hydrogen) atoms. The van der Waals surface area contributed by atoms with Gasteiger partial charge in [0, 0.05) is 18.2 Å². The molecular weight excluding hydrogens is 222 g/mol. The molecule has 2 nitrogen and oxygen atoms in total. The minimum Gasteiger partial charge on any atom is -0.293 e. The van der Waals surface area contributed by atoms with E-state index in [2.05, 4.69) is 11.8 Å². The molecule has 0 spiro atoms. The molecule has 2 heteroatoms. The van der Waals surface area contributed by atoms with Crippen molar-refractivity contribution in [2.75, 3.05) is 13.1 Å². The van der Waals surface area contributed by atoms with Crippen LogP contribution in [0.2, 0.25) is 0 Å². The Morgan fingerprint density at radius 1 is 1.17 bits per heavy atom. The SMILES string of the molecule is Cc1ccc(C(=O)CN(CC2CC2)C2CC2)cc1. The van der Waals surface area contributed by atoms with Gasteiger partial charge in [-0.25, -0.2) is 0 Å². The van der Waals surface area contributed by atoms with E-state index in [0.717, 1.165) is 18.0 Å². The van der Waals surface area contributed by atoms with E-state index in [9.17, 15) is 4.79 Å². The molecule has 96 valence electrons. The third kappa shape index (κ3) is 2.99. The van der Waals surface area contributed by atoms with Crippen LogP contribution in [0.1, 0.15) is 41.6 Å². The summed E-state index contributed by atoms with van der Waals surface area (Å²) >= 11 is 0. The lowest BCUT2D eigenvalue weighted by atomic mass is 10.1. The highest BCUT2D eigenvalue weighted by Gasteiger charge is 2.34. The third-order valence-electron chi connectivity index (χ3n) is 3.97. The van der Waals surface area contributed by atoms with Gasteiger partial charge in [0.1, 0.15) is 0 Å². The summed E-state index contributed by atoms with van der Waals surface area (Å²) < 4.78 is 0. The quantitative estimate of drug-likeness (QED) is 0.716. The van der Waals surface area contributed by atoms with E-state index in [0.29, 0.717) is 12.6 Å². The molecule has 3 rings (SSSR count). The predicted octanol–water partition coefficient (Wildman–Crippen LogP) is 3.05. The highest BCUT2D eigenvalue weighted by molar-refractivity contribution is 5.97. The number of nitrogens with zero attached hydrogens (tertiary/aromatic N) is 1. The Balaban J connectivity index is 1.62. The second kappa shape index (κ2) is 4.85. The van der Waals surface area contributed by atoms with Crippen molar-refractivity contribution < 1.29 is 4.79 Å². The standard InChI is InChI=1S/C16H21NO/c1-12-2-6-14(7-3-12)16(18)11-17(15-8-9-15)10-13-4-5-13/h2-3,6-7,13,15H,4-5,8-11H2,1H3. The molecule has 0 unspecified atom stereocenters. The van der Waals surface area contributed by atoms with Crippen molar-refractivity contribution in [3.05, 3.63) is 35.4 Å². The van der Waals surface area contributed by atoms with Crippen LogP contribution in [0.25, 0.3) is 0 Å². The Morgan fingerprint density at radius 3 is 2.39 bits per heavy atom. The summed E-state index contributed by atoms with van der Waals surface area (Å²) in [7, 11) is 0. The van der Waals surface area contributed by atoms with Crippen molar-refractivity contribution >= 4 is 5.78 Å². The number of benzene rings is 1. The van der Waals surface area contributed by atoms with Crippen LogP contribution < -0.4 is 0 Å². The molecule has 0 aromatic heterocycles. The van der Waals surface area contributed by atoms with E-state index in [4.69, 9.17) is 0 Å². The summed E-state index contributed by atoms with van der Waals surface area (Å²) in [6, 6.07) is 8.66. The first-order valence-electron chi connectivity index (χ1n) is 7.06. The van der Waals surface area contributed by atoms with Gasteiger partial charge in [0.05, 0.1) is 6.54 Å². The molecule has 1 aromatic rings. The van der Waals surface area contributed by atoms with Crippen LogP contribution in [0.4, 0.5) is 0 Å². The molecule has 0 saturated heterocycles. The number of rotatable bonds is 6.